The van der Waals surface area contributed by atoms with Crippen LogP contribution in [0.1, 0.15) is 48.5 Å². The lowest BCUT2D eigenvalue weighted by atomic mass is 10.1. The second-order valence-electron chi connectivity index (χ2n) is 9.31. The molecule has 13 nitrogen and oxygen atoms in total. The standard InChI is InChI=1S/C25H35BrN8O5S/c1-3-20(35)28-10-7-21(36)29-11-14-40(38,39)34-12-8-17(9-13-34)31-25-30-15-18(26)24(33-25)32-19-6-4-5-16(2)22(19)23(27)37/h4-6,15,17H,3,7-14H2,1-2H3,(H2,27,37)(H,28,35)(H,29,36)(H2,30,31,32,33). The molecule has 3 amide bonds. The number of carbonyl (C=O) groups excluding carboxylic acids is 3. The molecule has 6 N–H and O–H groups in total. The Bertz CT molecular complexity index is 1330. The maximum atomic E-state index is 12.8. The van der Waals surface area contributed by atoms with Gasteiger partial charge >= 0.3 is 0 Å². The van der Waals surface area contributed by atoms with Gasteiger partial charge in [-0.25, -0.2) is 17.7 Å². The molecule has 1 aromatic carbocycles. The van der Waals surface area contributed by atoms with Crippen LogP contribution in [-0.4, -0.2) is 78.4 Å². The Morgan fingerprint density at radius 3 is 2.50 bits per heavy atom. The topological polar surface area (TPSA) is 189 Å². The van der Waals surface area contributed by atoms with E-state index in [1.54, 1.807) is 32.2 Å². The van der Waals surface area contributed by atoms with Crippen molar-refractivity contribution in [3.63, 3.8) is 0 Å². The largest absolute Gasteiger partial charge is 0.366 e. The van der Waals surface area contributed by atoms with Gasteiger partial charge in [-0.05, 0) is 47.3 Å². The van der Waals surface area contributed by atoms with E-state index in [1.165, 1.54) is 4.31 Å². The zero-order chi connectivity index (χ0) is 29.3. The number of nitrogens with one attached hydrogen (secondary N) is 4. The lowest BCUT2D eigenvalue weighted by Gasteiger charge is -2.31. The summed E-state index contributed by atoms with van der Waals surface area (Å²) in [4.78, 5) is 43.9. The molecular formula is C25H35BrN8O5S. The highest BCUT2D eigenvalue weighted by molar-refractivity contribution is 9.10. The van der Waals surface area contributed by atoms with E-state index in [9.17, 15) is 22.8 Å². The summed E-state index contributed by atoms with van der Waals surface area (Å²) in [5, 5.41) is 11.6. The molecule has 2 heterocycles. The number of hydrogen-bond donors (Lipinski definition) is 5. The Hall–Kier alpha value is -3.30. The van der Waals surface area contributed by atoms with Crippen LogP contribution in [0.4, 0.5) is 17.5 Å². The van der Waals surface area contributed by atoms with Crippen LogP contribution in [0.15, 0.2) is 28.9 Å². The second-order valence-corrected chi connectivity index (χ2v) is 12.3. The van der Waals surface area contributed by atoms with Gasteiger partial charge in [-0.3, -0.25) is 14.4 Å². The molecule has 1 aromatic heterocycles. The number of sulfonamides is 1. The van der Waals surface area contributed by atoms with Gasteiger partial charge in [-0.1, -0.05) is 19.1 Å². The number of hydrogen-bond acceptors (Lipinski definition) is 9. The zero-order valence-electron chi connectivity index (χ0n) is 22.5. The molecule has 40 heavy (non-hydrogen) atoms. The number of primary amides is 1. The minimum absolute atomic E-state index is 0.00197. The van der Waals surface area contributed by atoms with Crippen molar-refractivity contribution in [1.82, 2.24) is 24.9 Å². The molecule has 0 saturated carbocycles. The number of amides is 3. The van der Waals surface area contributed by atoms with Crippen LogP contribution in [0.2, 0.25) is 0 Å². The van der Waals surface area contributed by atoms with Gasteiger partial charge in [0.1, 0.15) is 5.82 Å². The number of anilines is 3. The Morgan fingerprint density at radius 2 is 1.82 bits per heavy atom. The van der Waals surface area contributed by atoms with E-state index in [2.05, 4.69) is 47.2 Å². The minimum Gasteiger partial charge on any atom is -0.366 e. The molecule has 218 valence electrons. The number of nitrogens with two attached hydrogens (primary N) is 1. The summed E-state index contributed by atoms with van der Waals surface area (Å²) in [6, 6.07) is 5.30. The quantitative estimate of drug-likeness (QED) is 0.217. The predicted molar refractivity (Wildman–Crippen MR) is 156 cm³/mol. The summed E-state index contributed by atoms with van der Waals surface area (Å²) < 4.78 is 27.5. The third kappa shape index (κ3) is 8.86. The fraction of sp³-hybridized carbons (Fsp3) is 0.480. The third-order valence-corrected chi connectivity index (χ3v) is 8.83. The summed E-state index contributed by atoms with van der Waals surface area (Å²) in [5.41, 5.74) is 7.19. The average Bonchev–Trinajstić information content (AvgIpc) is 2.90. The average molecular weight is 640 g/mol. The number of nitrogens with zero attached hydrogens (tertiary/aromatic N) is 3. The number of halogens is 1. The number of aromatic nitrogens is 2. The maximum absolute atomic E-state index is 12.8. The van der Waals surface area contributed by atoms with Crippen LogP contribution in [0.5, 0.6) is 0 Å². The second kappa shape index (κ2) is 14.4. The van der Waals surface area contributed by atoms with E-state index < -0.39 is 15.9 Å². The zero-order valence-corrected chi connectivity index (χ0v) is 24.9. The summed E-state index contributed by atoms with van der Waals surface area (Å²) in [6.07, 6.45) is 3.12. The van der Waals surface area contributed by atoms with Crippen LogP contribution in [0.25, 0.3) is 0 Å². The van der Waals surface area contributed by atoms with Crippen LogP contribution >= 0.6 is 15.9 Å². The molecule has 3 rings (SSSR count). The molecule has 0 aliphatic carbocycles. The van der Waals surface area contributed by atoms with Crippen molar-refractivity contribution in [2.75, 3.05) is 42.6 Å². The number of benzene rings is 1. The summed E-state index contributed by atoms with van der Waals surface area (Å²) in [7, 11) is -3.54. The van der Waals surface area contributed by atoms with Gasteiger partial charge in [0.05, 0.1) is 21.5 Å². The maximum Gasteiger partial charge on any atom is 0.251 e. The lowest BCUT2D eigenvalue weighted by molar-refractivity contribution is -0.122. The highest BCUT2D eigenvalue weighted by Crippen LogP contribution is 2.28. The molecule has 1 saturated heterocycles. The highest BCUT2D eigenvalue weighted by atomic mass is 79.9. The number of rotatable bonds is 13. The fourth-order valence-electron chi connectivity index (χ4n) is 4.19. The van der Waals surface area contributed by atoms with Crippen molar-refractivity contribution in [3.05, 3.63) is 40.0 Å². The van der Waals surface area contributed by atoms with Crippen molar-refractivity contribution < 1.29 is 22.8 Å². The van der Waals surface area contributed by atoms with Crippen LogP contribution < -0.4 is 27.0 Å². The van der Waals surface area contributed by atoms with E-state index >= 15 is 0 Å². The molecule has 2 aromatic rings. The van der Waals surface area contributed by atoms with Gasteiger partial charge in [0.15, 0.2) is 0 Å². The number of aryl methyl sites for hydroxylation is 1. The minimum atomic E-state index is -3.54. The first-order valence-corrected chi connectivity index (χ1v) is 15.4. The van der Waals surface area contributed by atoms with E-state index in [0.29, 0.717) is 59.8 Å². The molecular weight excluding hydrogens is 604 g/mol. The van der Waals surface area contributed by atoms with Gasteiger partial charge in [-0.15, -0.1) is 0 Å². The van der Waals surface area contributed by atoms with Gasteiger partial charge in [-0.2, -0.15) is 4.98 Å². The first-order valence-electron chi connectivity index (χ1n) is 13.0. The lowest BCUT2D eigenvalue weighted by Crippen LogP contribution is -2.45. The first kappa shape index (κ1) is 31.2. The van der Waals surface area contributed by atoms with Crippen LogP contribution in [0, 0.1) is 6.92 Å². The molecule has 15 heteroatoms. The van der Waals surface area contributed by atoms with Gasteiger partial charge < -0.3 is 27.0 Å². The van der Waals surface area contributed by atoms with Gasteiger partial charge in [0.2, 0.25) is 27.8 Å². The van der Waals surface area contributed by atoms with Crippen molar-refractivity contribution in [3.8, 4) is 0 Å². The van der Waals surface area contributed by atoms with Crippen LogP contribution in [-0.2, 0) is 19.6 Å². The molecule has 1 aliphatic rings. The third-order valence-electron chi connectivity index (χ3n) is 6.37. The predicted octanol–water partition coefficient (Wildman–Crippen LogP) is 1.63. The van der Waals surface area contributed by atoms with E-state index in [0.717, 1.165) is 5.56 Å². The molecule has 0 spiro atoms. The Labute approximate surface area is 242 Å². The monoisotopic (exact) mass is 638 g/mol. The van der Waals surface area contributed by atoms with Crippen molar-refractivity contribution in [1.29, 1.82) is 0 Å². The summed E-state index contributed by atoms with van der Waals surface area (Å²) in [5.74, 6) is -0.400. The normalized spacial score (nSPS) is 14.4. The van der Waals surface area contributed by atoms with E-state index in [1.807, 2.05) is 6.07 Å². The van der Waals surface area contributed by atoms with Gasteiger partial charge in [0, 0.05) is 51.3 Å². The molecule has 0 unspecified atom stereocenters. The Balaban J connectivity index is 1.50. The van der Waals surface area contributed by atoms with E-state index in [-0.39, 0.29) is 43.1 Å². The molecule has 0 atom stereocenters. The van der Waals surface area contributed by atoms with E-state index in [4.69, 9.17) is 5.73 Å². The van der Waals surface area contributed by atoms with Crippen molar-refractivity contribution >= 4 is 61.1 Å². The molecule has 0 bridgehead atoms. The number of piperidine rings is 1. The van der Waals surface area contributed by atoms with Gasteiger partial charge in [0.25, 0.3) is 5.91 Å². The fourth-order valence-corrected chi connectivity index (χ4v) is 5.86. The van der Waals surface area contributed by atoms with Crippen molar-refractivity contribution in [2.45, 2.75) is 45.6 Å². The Kier molecular flexibility index (Phi) is 11.2. The molecule has 0 radical (unpaired) electrons. The molecule has 1 fully saturated rings. The summed E-state index contributed by atoms with van der Waals surface area (Å²) >= 11 is 3.43. The Morgan fingerprint density at radius 1 is 1.12 bits per heavy atom. The first-order chi connectivity index (χ1) is 19.0. The smallest absolute Gasteiger partial charge is 0.251 e. The van der Waals surface area contributed by atoms with Crippen LogP contribution in [0.3, 0.4) is 0 Å². The van der Waals surface area contributed by atoms with Crippen molar-refractivity contribution in [2.24, 2.45) is 5.73 Å². The number of carbonyl (C=O) groups is 3. The molecule has 1 aliphatic heterocycles. The summed E-state index contributed by atoms with van der Waals surface area (Å²) in [6.45, 7) is 4.38. The SMILES string of the molecule is CCC(=O)NCCC(=O)NCCS(=O)(=O)N1CCC(Nc2ncc(Br)c(Nc3cccc(C)c3C(N)=O)n2)CC1. The highest BCUT2D eigenvalue weighted by Gasteiger charge is 2.28.